The van der Waals surface area contributed by atoms with Gasteiger partial charge in [0.2, 0.25) is 0 Å². The molecule has 0 unspecified atom stereocenters. The van der Waals surface area contributed by atoms with E-state index in [0.29, 0.717) is 6.61 Å². The summed E-state index contributed by atoms with van der Waals surface area (Å²) in [5, 5.41) is 0. The Morgan fingerprint density at radius 3 is 2.13 bits per heavy atom. The molecule has 0 radical (unpaired) electrons. The zero-order valence-corrected chi connectivity index (χ0v) is 13.8. The number of nitrogens with zero attached hydrogens (tertiary/aromatic N) is 1. The molecule has 23 heavy (non-hydrogen) atoms. The summed E-state index contributed by atoms with van der Waals surface area (Å²) in [4.78, 5) is 14.9. The van der Waals surface area contributed by atoms with Crippen LogP contribution in [0.3, 0.4) is 0 Å². The van der Waals surface area contributed by atoms with Gasteiger partial charge in [-0.1, -0.05) is 56.2 Å². The maximum Gasteiger partial charge on any atom is 0.318 e. The molecule has 0 spiro atoms. The fourth-order valence-corrected chi connectivity index (χ4v) is 3.23. The van der Waals surface area contributed by atoms with Crippen LogP contribution < -0.4 is 4.90 Å². The van der Waals surface area contributed by atoms with Gasteiger partial charge in [0.05, 0.1) is 6.61 Å². The first kappa shape index (κ1) is 15.6. The van der Waals surface area contributed by atoms with Crippen LogP contribution in [0.25, 0.3) is 0 Å². The van der Waals surface area contributed by atoms with Crippen LogP contribution in [0.2, 0.25) is 0 Å². The van der Waals surface area contributed by atoms with E-state index in [9.17, 15) is 4.79 Å². The van der Waals surface area contributed by atoms with E-state index >= 15 is 0 Å². The van der Waals surface area contributed by atoms with Crippen molar-refractivity contribution in [3.05, 3.63) is 59.7 Å². The zero-order chi connectivity index (χ0) is 16.2. The lowest BCUT2D eigenvalue weighted by Gasteiger charge is -2.34. The lowest BCUT2D eigenvalue weighted by molar-refractivity contribution is -0.144. The zero-order valence-electron chi connectivity index (χ0n) is 13.8. The first-order chi connectivity index (χ1) is 11.2. The first-order valence-corrected chi connectivity index (χ1v) is 8.32. The minimum absolute atomic E-state index is 0.144. The van der Waals surface area contributed by atoms with Gasteiger partial charge in [0.15, 0.2) is 0 Å². The SMILES string of the molecule is CCCCCOC(=O)C1c2ccccc2N(C)c2ccccc21. The van der Waals surface area contributed by atoms with E-state index < -0.39 is 0 Å². The van der Waals surface area contributed by atoms with Crippen molar-refractivity contribution in [1.82, 2.24) is 0 Å². The number of carbonyl (C=O) groups is 1. The van der Waals surface area contributed by atoms with Crippen molar-refractivity contribution in [3.63, 3.8) is 0 Å². The summed E-state index contributed by atoms with van der Waals surface area (Å²) < 4.78 is 5.58. The van der Waals surface area contributed by atoms with Crippen LogP contribution in [0.1, 0.15) is 43.2 Å². The molecule has 2 aromatic carbocycles. The van der Waals surface area contributed by atoms with Gasteiger partial charge < -0.3 is 9.64 Å². The van der Waals surface area contributed by atoms with Gasteiger partial charge in [-0.2, -0.15) is 0 Å². The van der Waals surface area contributed by atoms with Crippen molar-refractivity contribution in [2.24, 2.45) is 0 Å². The molecule has 0 saturated carbocycles. The van der Waals surface area contributed by atoms with Crippen LogP contribution in [-0.2, 0) is 9.53 Å². The third kappa shape index (κ3) is 2.96. The molecular formula is C20H23NO2. The van der Waals surface area contributed by atoms with E-state index in [0.717, 1.165) is 41.8 Å². The number of anilines is 2. The number of para-hydroxylation sites is 2. The molecule has 0 saturated heterocycles. The Labute approximate surface area is 137 Å². The summed E-state index contributed by atoms with van der Waals surface area (Å²) >= 11 is 0. The number of benzene rings is 2. The summed E-state index contributed by atoms with van der Waals surface area (Å²) in [6.45, 7) is 2.65. The van der Waals surface area contributed by atoms with Crippen LogP contribution in [0.4, 0.5) is 11.4 Å². The fraction of sp³-hybridized carbons (Fsp3) is 0.350. The molecule has 0 amide bonds. The second kappa shape index (κ2) is 6.86. The van der Waals surface area contributed by atoms with Gasteiger partial charge in [-0.3, -0.25) is 4.79 Å². The number of esters is 1. The monoisotopic (exact) mass is 309 g/mol. The molecule has 3 nitrogen and oxygen atoms in total. The highest BCUT2D eigenvalue weighted by molar-refractivity contribution is 5.91. The number of fused-ring (bicyclic) bond motifs is 2. The second-order valence-corrected chi connectivity index (χ2v) is 5.98. The topological polar surface area (TPSA) is 29.5 Å². The number of hydrogen-bond acceptors (Lipinski definition) is 3. The number of ether oxygens (including phenoxy) is 1. The minimum atomic E-state index is -0.333. The van der Waals surface area contributed by atoms with Gasteiger partial charge in [-0.05, 0) is 29.7 Å². The van der Waals surface area contributed by atoms with E-state index in [2.05, 4.69) is 24.0 Å². The third-order valence-electron chi connectivity index (χ3n) is 4.45. The maximum atomic E-state index is 12.8. The Bertz CT molecular complexity index is 648. The molecule has 3 rings (SSSR count). The Balaban J connectivity index is 1.93. The lowest BCUT2D eigenvalue weighted by atomic mass is 9.85. The number of unbranched alkanes of at least 4 members (excludes halogenated alkanes) is 2. The molecular weight excluding hydrogens is 286 g/mol. The predicted octanol–water partition coefficient (Wildman–Crippen LogP) is 4.63. The average molecular weight is 309 g/mol. The summed E-state index contributed by atoms with van der Waals surface area (Å²) in [5.74, 6) is -0.477. The normalized spacial score (nSPS) is 13.4. The maximum absolute atomic E-state index is 12.8. The number of hydrogen-bond donors (Lipinski definition) is 0. The van der Waals surface area contributed by atoms with E-state index in [-0.39, 0.29) is 11.9 Å². The molecule has 0 aromatic heterocycles. The van der Waals surface area contributed by atoms with Crippen molar-refractivity contribution in [2.75, 3.05) is 18.6 Å². The van der Waals surface area contributed by atoms with Crippen LogP contribution >= 0.6 is 0 Å². The molecule has 1 heterocycles. The van der Waals surface area contributed by atoms with Crippen molar-refractivity contribution < 1.29 is 9.53 Å². The van der Waals surface area contributed by atoms with E-state index in [1.165, 1.54) is 0 Å². The highest BCUT2D eigenvalue weighted by atomic mass is 16.5. The summed E-state index contributed by atoms with van der Waals surface area (Å²) in [7, 11) is 2.04. The van der Waals surface area contributed by atoms with Crippen molar-refractivity contribution in [3.8, 4) is 0 Å². The molecule has 0 bridgehead atoms. The number of carbonyl (C=O) groups excluding carboxylic acids is 1. The van der Waals surface area contributed by atoms with E-state index in [1.807, 2.05) is 43.4 Å². The molecule has 0 atom stereocenters. The molecule has 1 aliphatic heterocycles. The van der Waals surface area contributed by atoms with Crippen LogP contribution in [-0.4, -0.2) is 19.6 Å². The summed E-state index contributed by atoms with van der Waals surface area (Å²) in [6, 6.07) is 16.2. The van der Waals surface area contributed by atoms with Crippen LogP contribution in [0.15, 0.2) is 48.5 Å². The van der Waals surface area contributed by atoms with Crippen molar-refractivity contribution in [1.29, 1.82) is 0 Å². The van der Waals surface area contributed by atoms with Gasteiger partial charge in [-0.15, -0.1) is 0 Å². The predicted molar refractivity (Wildman–Crippen MR) is 93.3 cm³/mol. The molecule has 0 fully saturated rings. The highest BCUT2D eigenvalue weighted by Crippen LogP contribution is 2.44. The standard InChI is InChI=1S/C20H23NO2/c1-3-4-9-14-23-20(22)19-15-10-5-7-12-17(15)21(2)18-13-8-6-11-16(18)19/h5-8,10-13,19H,3-4,9,14H2,1-2H3. The van der Waals surface area contributed by atoms with E-state index in [1.54, 1.807) is 0 Å². The lowest BCUT2D eigenvalue weighted by Crippen LogP contribution is -2.27. The second-order valence-electron chi connectivity index (χ2n) is 5.98. The van der Waals surface area contributed by atoms with Crippen LogP contribution in [0, 0.1) is 0 Å². The van der Waals surface area contributed by atoms with Gasteiger partial charge in [-0.25, -0.2) is 0 Å². The van der Waals surface area contributed by atoms with Crippen molar-refractivity contribution in [2.45, 2.75) is 32.1 Å². The molecule has 120 valence electrons. The highest BCUT2D eigenvalue weighted by Gasteiger charge is 2.34. The largest absolute Gasteiger partial charge is 0.465 e. The first-order valence-electron chi connectivity index (χ1n) is 8.32. The summed E-state index contributed by atoms with van der Waals surface area (Å²) in [6.07, 6.45) is 3.14. The average Bonchev–Trinajstić information content (AvgIpc) is 2.59. The quantitative estimate of drug-likeness (QED) is 0.595. The van der Waals surface area contributed by atoms with Gasteiger partial charge in [0.25, 0.3) is 0 Å². The smallest absolute Gasteiger partial charge is 0.318 e. The van der Waals surface area contributed by atoms with E-state index in [4.69, 9.17) is 4.74 Å². The van der Waals surface area contributed by atoms with Gasteiger partial charge in [0, 0.05) is 18.4 Å². The fourth-order valence-electron chi connectivity index (χ4n) is 3.23. The molecule has 0 aliphatic carbocycles. The minimum Gasteiger partial charge on any atom is -0.465 e. The molecule has 3 heteroatoms. The summed E-state index contributed by atoms with van der Waals surface area (Å²) in [5.41, 5.74) is 4.19. The third-order valence-corrected chi connectivity index (χ3v) is 4.45. The Morgan fingerprint density at radius 1 is 1.00 bits per heavy atom. The molecule has 2 aromatic rings. The van der Waals surface area contributed by atoms with Gasteiger partial charge >= 0.3 is 5.97 Å². The van der Waals surface area contributed by atoms with Crippen molar-refractivity contribution >= 4 is 17.3 Å². The van der Waals surface area contributed by atoms with Gasteiger partial charge in [0.1, 0.15) is 5.92 Å². The molecule has 1 aliphatic rings. The van der Waals surface area contributed by atoms with Crippen LogP contribution in [0.5, 0.6) is 0 Å². The Morgan fingerprint density at radius 2 is 1.57 bits per heavy atom. The molecule has 0 N–H and O–H groups in total. The number of rotatable bonds is 5. The Kier molecular flexibility index (Phi) is 4.65. The Hall–Kier alpha value is -2.29.